The lowest BCUT2D eigenvalue weighted by Gasteiger charge is -2.21. The van der Waals surface area contributed by atoms with Crippen LogP contribution in [0, 0.1) is 23.2 Å². The molecule has 0 radical (unpaired) electrons. The molecule has 0 atom stereocenters. The first-order chi connectivity index (χ1) is 13.1. The first kappa shape index (κ1) is 23.5. The normalized spacial score (nSPS) is 19.9. The number of Topliss-reactive ketones (excluding diaryl/α,β-unsaturated/α-hetero) is 3. The second-order valence-corrected chi connectivity index (χ2v) is 8.06. The van der Waals surface area contributed by atoms with E-state index in [1.165, 1.54) is 64.2 Å². The molecule has 0 N–H and O–H groups in total. The molecule has 0 aromatic rings. The number of nitriles is 1. The van der Waals surface area contributed by atoms with Gasteiger partial charge in [-0.2, -0.15) is 5.26 Å². The Morgan fingerprint density at radius 2 is 1.22 bits per heavy atom. The Labute approximate surface area is 165 Å². The predicted octanol–water partition coefficient (Wildman–Crippen LogP) is 5.72. The van der Waals surface area contributed by atoms with Gasteiger partial charge in [-0.25, -0.2) is 0 Å². The molecule has 1 aliphatic carbocycles. The van der Waals surface area contributed by atoms with Gasteiger partial charge >= 0.3 is 0 Å². The molecule has 0 bridgehead atoms. The van der Waals surface area contributed by atoms with Crippen LogP contribution in [0.15, 0.2) is 0 Å². The molecule has 0 unspecified atom stereocenters. The van der Waals surface area contributed by atoms with Gasteiger partial charge in [-0.15, -0.1) is 0 Å². The van der Waals surface area contributed by atoms with Crippen LogP contribution in [0.1, 0.15) is 110 Å². The minimum Gasteiger partial charge on any atom is -0.298 e. The number of rotatable bonds is 15. The molecule has 1 aliphatic rings. The Hall–Kier alpha value is -1.50. The summed E-state index contributed by atoms with van der Waals surface area (Å²) in [6.45, 7) is 2.25. The fourth-order valence-corrected chi connectivity index (χ4v) is 3.88. The van der Waals surface area contributed by atoms with Crippen LogP contribution in [0.25, 0.3) is 0 Å². The highest BCUT2D eigenvalue weighted by Crippen LogP contribution is 2.25. The summed E-state index contributed by atoms with van der Waals surface area (Å²) >= 11 is 0. The standard InChI is InChI=1S/C23H37NO3/c1-2-3-4-5-6-7-8-9-10-11-12-13-14-15-20(25)23-21(26)16-19(18-24)17-22(23)27/h19,23H,2-17H2,1H3. The average molecular weight is 376 g/mol. The molecule has 0 spiro atoms. The van der Waals surface area contributed by atoms with E-state index >= 15 is 0 Å². The maximum atomic E-state index is 12.2. The molecule has 0 saturated heterocycles. The van der Waals surface area contributed by atoms with Crippen LogP contribution in [0.3, 0.4) is 0 Å². The summed E-state index contributed by atoms with van der Waals surface area (Å²) in [4.78, 5) is 36.1. The Kier molecular flexibility index (Phi) is 12.7. The van der Waals surface area contributed by atoms with E-state index in [9.17, 15) is 14.4 Å². The highest BCUT2D eigenvalue weighted by molar-refractivity contribution is 6.20. The van der Waals surface area contributed by atoms with Crippen LogP contribution in [0.2, 0.25) is 0 Å². The summed E-state index contributed by atoms with van der Waals surface area (Å²) in [5, 5.41) is 8.85. The maximum absolute atomic E-state index is 12.2. The minimum atomic E-state index is -1.08. The summed E-state index contributed by atoms with van der Waals surface area (Å²) in [5.41, 5.74) is 0. The maximum Gasteiger partial charge on any atom is 0.152 e. The number of carbonyl (C=O) groups excluding carboxylic acids is 3. The Balaban J connectivity index is 1.99. The van der Waals surface area contributed by atoms with Crippen molar-refractivity contribution < 1.29 is 14.4 Å². The van der Waals surface area contributed by atoms with Crippen molar-refractivity contribution in [2.45, 2.75) is 110 Å². The Bertz CT molecular complexity index is 488. The predicted molar refractivity (Wildman–Crippen MR) is 107 cm³/mol. The van der Waals surface area contributed by atoms with Crippen LogP contribution < -0.4 is 0 Å². The van der Waals surface area contributed by atoms with Gasteiger partial charge < -0.3 is 0 Å². The SMILES string of the molecule is CCCCCCCCCCCCCCCC(=O)C1C(=O)CC(C#N)CC1=O. The zero-order chi connectivity index (χ0) is 19.9. The van der Waals surface area contributed by atoms with Gasteiger partial charge in [-0.05, 0) is 6.42 Å². The van der Waals surface area contributed by atoms with Crippen molar-refractivity contribution in [1.29, 1.82) is 5.26 Å². The molecule has 152 valence electrons. The molecule has 0 aromatic heterocycles. The van der Waals surface area contributed by atoms with E-state index in [0.717, 1.165) is 19.3 Å². The van der Waals surface area contributed by atoms with E-state index in [4.69, 9.17) is 5.26 Å². The highest BCUT2D eigenvalue weighted by atomic mass is 16.2. The molecule has 4 nitrogen and oxygen atoms in total. The molecule has 27 heavy (non-hydrogen) atoms. The van der Waals surface area contributed by atoms with Crippen LogP contribution in [-0.2, 0) is 14.4 Å². The van der Waals surface area contributed by atoms with E-state index in [2.05, 4.69) is 6.92 Å². The lowest BCUT2D eigenvalue weighted by molar-refractivity contribution is -0.143. The summed E-state index contributed by atoms with van der Waals surface area (Å²) in [6, 6.07) is 1.97. The van der Waals surface area contributed by atoms with Crippen molar-refractivity contribution in [2.24, 2.45) is 11.8 Å². The fraction of sp³-hybridized carbons (Fsp3) is 0.826. The third-order valence-electron chi connectivity index (χ3n) is 5.57. The van der Waals surface area contributed by atoms with Crippen LogP contribution in [0.4, 0.5) is 0 Å². The van der Waals surface area contributed by atoms with Crippen LogP contribution in [0.5, 0.6) is 0 Å². The molecular weight excluding hydrogens is 338 g/mol. The second-order valence-electron chi connectivity index (χ2n) is 8.06. The van der Waals surface area contributed by atoms with Gasteiger partial charge in [0.2, 0.25) is 0 Å². The van der Waals surface area contributed by atoms with Crippen molar-refractivity contribution in [2.75, 3.05) is 0 Å². The third-order valence-corrected chi connectivity index (χ3v) is 5.57. The summed E-state index contributed by atoms with van der Waals surface area (Å²) < 4.78 is 0. The lowest BCUT2D eigenvalue weighted by atomic mass is 9.77. The third kappa shape index (κ3) is 9.84. The molecule has 1 saturated carbocycles. The van der Waals surface area contributed by atoms with E-state index in [1.54, 1.807) is 0 Å². The fourth-order valence-electron chi connectivity index (χ4n) is 3.88. The molecule has 1 rings (SSSR count). The molecule has 1 fully saturated rings. The van der Waals surface area contributed by atoms with Gasteiger partial charge in [0, 0.05) is 19.3 Å². The van der Waals surface area contributed by atoms with Crippen molar-refractivity contribution in [3.05, 3.63) is 0 Å². The molecular formula is C23H37NO3. The topological polar surface area (TPSA) is 75.0 Å². The zero-order valence-corrected chi connectivity index (χ0v) is 17.1. The van der Waals surface area contributed by atoms with Crippen LogP contribution in [-0.4, -0.2) is 17.3 Å². The van der Waals surface area contributed by atoms with E-state index in [-0.39, 0.29) is 30.2 Å². The Morgan fingerprint density at radius 1 is 0.815 bits per heavy atom. The van der Waals surface area contributed by atoms with Gasteiger partial charge in [-0.1, -0.05) is 84.0 Å². The summed E-state index contributed by atoms with van der Waals surface area (Å²) in [6.07, 6.45) is 16.5. The molecule has 0 aliphatic heterocycles. The molecule has 0 heterocycles. The number of hydrogen-bond acceptors (Lipinski definition) is 4. The minimum absolute atomic E-state index is 0.0528. The van der Waals surface area contributed by atoms with Gasteiger partial charge in [0.1, 0.15) is 5.92 Å². The van der Waals surface area contributed by atoms with Crippen LogP contribution >= 0.6 is 0 Å². The second kappa shape index (κ2) is 14.5. The molecule has 4 heteroatoms. The first-order valence-corrected chi connectivity index (χ1v) is 11.1. The largest absolute Gasteiger partial charge is 0.298 e. The highest BCUT2D eigenvalue weighted by Gasteiger charge is 2.39. The number of carbonyl (C=O) groups is 3. The number of ketones is 3. The van der Waals surface area contributed by atoms with Gasteiger partial charge in [-0.3, -0.25) is 14.4 Å². The van der Waals surface area contributed by atoms with Crippen molar-refractivity contribution >= 4 is 17.3 Å². The number of nitrogens with zero attached hydrogens (tertiary/aromatic N) is 1. The average Bonchev–Trinajstić information content (AvgIpc) is 2.64. The molecule has 0 amide bonds. The lowest BCUT2D eigenvalue weighted by Crippen LogP contribution is -2.38. The van der Waals surface area contributed by atoms with E-state index in [1.807, 2.05) is 6.07 Å². The van der Waals surface area contributed by atoms with Gasteiger partial charge in [0.25, 0.3) is 0 Å². The first-order valence-electron chi connectivity index (χ1n) is 11.1. The van der Waals surface area contributed by atoms with Gasteiger partial charge in [0.05, 0.1) is 12.0 Å². The monoisotopic (exact) mass is 375 g/mol. The zero-order valence-electron chi connectivity index (χ0n) is 17.1. The van der Waals surface area contributed by atoms with Crippen molar-refractivity contribution in [1.82, 2.24) is 0 Å². The number of hydrogen-bond donors (Lipinski definition) is 0. The quantitative estimate of drug-likeness (QED) is 0.271. The van der Waals surface area contributed by atoms with E-state index in [0.29, 0.717) is 6.42 Å². The number of unbranched alkanes of at least 4 members (excludes halogenated alkanes) is 12. The molecule has 0 aromatic carbocycles. The summed E-state index contributed by atoms with van der Waals surface area (Å²) in [7, 11) is 0. The smallest absolute Gasteiger partial charge is 0.152 e. The Morgan fingerprint density at radius 3 is 1.63 bits per heavy atom. The van der Waals surface area contributed by atoms with Crippen molar-refractivity contribution in [3.8, 4) is 6.07 Å². The van der Waals surface area contributed by atoms with Gasteiger partial charge in [0.15, 0.2) is 17.3 Å². The van der Waals surface area contributed by atoms with Crippen molar-refractivity contribution in [3.63, 3.8) is 0 Å². The summed E-state index contributed by atoms with van der Waals surface area (Å²) in [5.74, 6) is -2.54. The van der Waals surface area contributed by atoms with E-state index < -0.39 is 11.8 Å².